The first-order valence-corrected chi connectivity index (χ1v) is 10.9. The van der Waals surface area contributed by atoms with Crippen LogP contribution in [0.25, 0.3) is 6.08 Å². The predicted molar refractivity (Wildman–Crippen MR) is 129 cm³/mol. The molecule has 3 rings (SSSR count). The van der Waals surface area contributed by atoms with Crippen LogP contribution in [0.5, 0.6) is 5.75 Å². The van der Waals surface area contributed by atoms with Crippen molar-refractivity contribution in [1.82, 2.24) is 4.90 Å². The number of benzene rings is 3. The minimum atomic E-state index is -0.939. The van der Waals surface area contributed by atoms with E-state index in [2.05, 4.69) is 0 Å². The Kier molecular flexibility index (Phi) is 9.00. The van der Waals surface area contributed by atoms with Crippen LogP contribution in [-0.4, -0.2) is 29.5 Å². The molecule has 3 aromatic rings. The quantitative estimate of drug-likeness (QED) is 0.326. The smallest absolute Gasteiger partial charge is 0.331 e. The maximum absolute atomic E-state index is 13.2. The molecule has 0 bridgehead atoms. The number of carbonyl (C=O) groups is 2. The van der Waals surface area contributed by atoms with Gasteiger partial charge >= 0.3 is 5.97 Å². The third-order valence-electron chi connectivity index (χ3n) is 4.98. The van der Waals surface area contributed by atoms with Gasteiger partial charge in [0.05, 0.1) is 0 Å². The Morgan fingerprint density at radius 1 is 0.912 bits per heavy atom. The van der Waals surface area contributed by atoms with Crippen molar-refractivity contribution >= 4 is 18.0 Å². The van der Waals surface area contributed by atoms with Crippen LogP contribution < -0.4 is 4.74 Å². The second-order valence-corrected chi connectivity index (χ2v) is 7.59. The molecule has 0 aliphatic rings. The molecule has 34 heavy (non-hydrogen) atoms. The molecule has 0 aliphatic carbocycles. The molecule has 1 amide bonds. The van der Waals surface area contributed by atoms with Gasteiger partial charge in [0.25, 0.3) is 5.91 Å². The van der Waals surface area contributed by atoms with Crippen molar-refractivity contribution in [1.29, 1.82) is 5.26 Å². The van der Waals surface area contributed by atoms with Gasteiger partial charge in [-0.25, -0.2) is 4.79 Å². The van der Waals surface area contributed by atoms with E-state index in [1.165, 1.54) is 6.08 Å². The second-order valence-electron chi connectivity index (χ2n) is 7.59. The zero-order chi connectivity index (χ0) is 24.2. The van der Waals surface area contributed by atoms with E-state index in [9.17, 15) is 9.59 Å². The van der Waals surface area contributed by atoms with Crippen molar-refractivity contribution in [2.24, 2.45) is 0 Å². The normalized spacial score (nSPS) is 11.4. The summed E-state index contributed by atoms with van der Waals surface area (Å²) in [6.07, 6.45) is 1.94. The lowest BCUT2D eigenvalue weighted by Gasteiger charge is -2.26. The molecule has 0 N–H and O–H groups in total. The van der Waals surface area contributed by atoms with Crippen molar-refractivity contribution in [2.45, 2.75) is 26.1 Å². The van der Waals surface area contributed by atoms with Crippen molar-refractivity contribution in [3.8, 4) is 11.8 Å². The first-order chi connectivity index (χ1) is 16.5. The molecule has 0 saturated heterocycles. The molecule has 1 atom stereocenters. The van der Waals surface area contributed by atoms with Gasteiger partial charge in [-0.15, -0.1) is 0 Å². The zero-order valence-corrected chi connectivity index (χ0v) is 19.0. The highest BCUT2D eigenvalue weighted by Gasteiger charge is 2.23. The molecule has 0 aliphatic heterocycles. The lowest BCUT2D eigenvalue weighted by Crippen LogP contribution is -2.39. The number of ether oxygens (including phenoxy) is 2. The van der Waals surface area contributed by atoms with Gasteiger partial charge in [-0.2, -0.15) is 5.26 Å². The van der Waals surface area contributed by atoms with Gasteiger partial charge in [0.15, 0.2) is 12.7 Å². The van der Waals surface area contributed by atoms with E-state index < -0.39 is 12.1 Å². The molecule has 3 aromatic carbocycles. The summed E-state index contributed by atoms with van der Waals surface area (Å²) in [4.78, 5) is 27.2. The predicted octanol–water partition coefficient (Wildman–Crippen LogP) is 4.76. The maximum Gasteiger partial charge on any atom is 0.331 e. The molecule has 0 spiro atoms. The Labute approximate surface area is 199 Å². The number of amides is 1. The van der Waals surface area contributed by atoms with Gasteiger partial charge < -0.3 is 14.4 Å². The Morgan fingerprint density at radius 3 is 2.00 bits per heavy atom. The summed E-state index contributed by atoms with van der Waals surface area (Å²) in [6.45, 7) is 2.37. The first-order valence-electron chi connectivity index (χ1n) is 10.9. The van der Waals surface area contributed by atoms with Crippen LogP contribution in [0, 0.1) is 11.3 Å². The first kappa shape index (κ1) is 24.3. The van der Waals surface area contributed by atoms with Crippen LogP contribution in [0.15, 0.2) is 91.0 Å². The van der Waals surface area contributed by atoms with E-state index in [1.807, 2.05) is 66.7 Å². The van der Waals surface area contributed by atoms with Crippen LogP contribution in [0.1, 0.15) is 23.6 Å². The zero-order valence-electron chi connectivity index (χ0n) is 19.0. The molecule has 6 heteroatoms. The van der Waals surface area contributed by atoms with E-state index in [0.29, 0.717) is 18.8 Å². The second kappa shape index (κ2) is 12.6. The van der Waals surface area contributed by atoms with E-state index in [-0.39, 0.29) is 12.5 Å². The fourth-order valence-corrected chi connectivity index (χ4v) is 3.30. The molecule has 0 radical (unpaired) electrons. The number of hydrogen-bond acceptors (Lipinski definition) is 5. The van der Waals surface area contributed by atoms with Crippen LogP contribution in [0.2, 0.25) is 0 Å². The van der Waals surface area contributed by atoms with Crippen LogP contribution in [-0.2, 0) is 27.4 Å². The Hall–Kier alpha value is -4.37. The molecule has 0 heterocycles. The van der Waals surface area contributed by atoms with Crippen LogP contribution in [0.3, 0.4) is 0 Å². The summed E-state index contributed by atoms with van der Waals surface area (Å²) in [5, 5.41) is 8.56. The molecule has 0 saturated carbocycles. The molecule has 0 aromatic heterocycles. The third kappa shape index (κ3) is 7.64. The lowest BCUT2D eigenvalue weighted by atomic mass is 10.1. The number of rotatable bonds is 10. The van der Waals surface area contributed by atoms with Gasteiger partial charge in [0, 0.05) is 19.2 Å². The van der Waals surface area contributed by atoms with Gasteiger partial charge in [0.1, 0.15) is 11.8 Å². The average Bonchev–Trinajstić information content (AvgIpc) is 2.87. The summed E-state index contributed by atoms with van der Waals surface area (Å²) < 4.78 is 10.6. The summed E-state index contributed by atoms with van der Waals surface area (Å²) >= 11 is 0. The molecule has 172 valence electrons. The Morgan fingerprint density at radius 2 is 1.47 bits per heavy atom. The minimum absolute atomic E-state index is 0.0288. The largest absolute Gasteiger partial charge is 0.479 e. The van der Waals surface area contributed by atoms with Gasteiger partial charge in [-0.1, -0.05) is 72.8 Å². The van der Waals surface area contributed by atoms with Crippen molar-refractivity contribution in [2.75, 3.05) is 6.61 Å². The molecule has 0 fully saturated rings. The Bertz CT molecular complexity index is 1100. The summed E-state index contributed by atoms with van der Waals surface area (Å²) in [5.41, 5.74) is 2.75. The van der Waals surface area contributed by atoms with Crippen LogP contribution >= 0.6 is 0 Å². The number of carbonyl (C=O) groups excluding carboxylic acids is 2. The van der Waals surface area contributed by atoms with E-state index >= 15 is 0 Å². The molecule has 1 unspecified atom stereocenters. The van der Waals surface area contributed by atoms with Gasteiger partial charge in [0.2, 0.25) is 0 Å². The summed E-state index contributed by atoms with van der Waals surface area (Å²) in [6, 6.07) is 28.2. The van der Waals surface area contributed by atoms with Crippen molar-refractivity contribution < 1.29 is 19.1 Å². The van der Waals surface area contributed by atoms with E-state index in [4.69, 9.17) is 14.7 Å². The number of hydrogen-bond donors (Lipinski definition) is 0. The fraction of sp³-hybridized carbons (Fsp3) is 0.179. The lowest BCUT2D eigenvalue weighted by molar-refractivity contribution is -0.156. The van der Waals surface area contributed by atoms with Crippen molar-refractivity contribution in [3.05, 3.63) is 108 Å². The highest BCUT2D eigenvalue weighted by atomic mass is 16.5. The van der Waals surface area contributed by atoms with Gasteiger partial charge in [-0.3, -0.25) is 4.79 Å². The highest BCUT2D eigenvalue weighted by Crippen LogP contribution is 2.15. The third-order valence-corrected chi connectivity index (χ3v) is 4.98. The van der Waals surface area contributed by atoms with Gasteiger partial charge in [-0.05, 0) is 41.8 Å². The summed E-state index contributed by atoms with van der Waals surface area (Å²) in [7, 11) is 0. The van der Waals surface area contributed by atoms with Crippen LogP contribution in [0.4, 0.5) is 0 Å². The molecule has 6 nitrogen and oxygen atoms in total. The van der Waals surface area contributed by atoms with Crippen molar-refractivity contribution in [3.63, 3.8) is 0 Å². The maximum atomic E-state index is 13.2. The number of nitrogens with zero attached hydrogens (tertiary/aromatic N) is 2. The number of esters is 1. The monoisotopic (exact) mass is 454 g/mol. The molecular weight excluding hydrogens is 428 g/mol. The minimum Gasteiger partial charge on any atom is -0.479 e. The topological polar surface area (TPSA) is 79.6 Å². The fourth-order valence-electron chi connectivity index (χ4n) is 3.30. The molecular formula is C28H26N2O4. The van der Waals surface area contributed by atoms with E-state index in [0.717, 1.165) is 16.7 Å². The Balaban J connectivity index is 1.62. The highest BCUT2D eigenvalue weighted by molar-refractivity contribution is 5.90. The van der Waals surface area contributed by atoms with E-state index in [1.54, 1.807) is 42.2 Å². The SMILES string of the molecule is CC(OC(=O)/C=C/c1ccc(OCC#N)cc1)C(=O)N(Cc1ccccc1)Cc1ccccc1. The number of nitriles is 1. The standard InChI is InChI=1S/C28H26N2O4/c1-22(34-27(31)17-14-23-12-15-26(16-13-23)33-19-18-29)28(32)30(20-24-8-4-2-5-9-24)21-25-10-6-3-7-11-25/h2-17,22H,19-21H2,1H3/b17-14+. The summed E-state index contributed by atoms with van der Waals surface area (Å²) in [5.74, 6) is -0.309. The average molecular weight is 455 g/mol.